The van der Waals surface area contributed by atoms with E-state index in [-0.39, 0.29) is 11.8 Å². The number of amides is 1. The topological polar surface area (TPSA) is 46.9 Å². The zero-order valence-corrected chi connectivity index (χ0v) is 7.51. The second-order valence-corrected chi connectivity index (χ2v) is 2.49. The van der Waals surface area contributed by atoms with Crippen LogP contribution in [0.3, 0.4) is 0 Å². The van der Waals surface area contributed by atoms with Gasteiger partial charge in [0.05, 0.1) is 0 Å². The third kappa shape index (κ3) is 1.98. The van der Waals surface area contributed by atoms with Crippen molar-refractivity contribution in [1.29, 1.82) is 0 Å². The van der Waals surface area contributed by atoms with E-state index in [4.69, 9.17) is 11.6 Å². The molecule has 1 N–H and O–H groups in total. The fraction of sp³-hybridized carbons (Fsp3) is 0.429. The molecule has 12 heavy (non-hydrogen) atoms. The minimum absolute atomic E-state index is 0.0451. The number of hydrogen-bond acceptors (Lipinski definition) is 2. The van der Waals surface area contributed by atoms with Crippen LogP contribution in [0.25, 0.3) is 0 Å². The summed E-state index contributed by atoms with van der Waals surface area (Å²) in [5, 5.41) is 2.57. The zero-order chi connectivity index (χ0) is 8.97. The van der Waals surface area contributed by atoms with Gasteiger partial charge in [-0.3, -0.25) is 10.1 Å². The van der Waals surface area contributed by atoms with E-state index >= 15 is 0 Å². The number of nitrogens with one attached hydrogen (secondary N) is 1. The van der Waals surface area contributed by atoms with Crippen molar-refractivity contribution in [3.05, 3.63) is 12.4 Å². The molecule has 0 aliphatic rings. The largest absolute Gasteiger partial charge is 0.317 e. The van der Waals surface area contributed by atoms with Crippen LogP contribution in [0.4, 0.5) is 5.95 Å². The van der Waals surface area contributed by atoms with Gasteiger partial charge in [-0.2, -0.15) is 0 Å². The molecule has 0 aromatic carbocycles. The Morgan fingerprint density at radius 3 is 3.17 bits per heavy atom. The van der Waals surface area contributed by atoms with Crippen molar-refractivity contribution in [1.82, 2.24) is 9.55 Å². The molecule has 1 aromatic rings. The second-order valence-electron chi connectivity index (χ2n) is 2.22. The second kappa shape index (κ2) is 4.11. The maximum absolute atomic E-state index is 10.9. The van der Waals surface area contributed by atoms with Gasteiger partial charge in [-0.05, 0) is 6.92 Å². The minimum atomic E-state index is -0.238. The van der Waals surface area contributed by atoms with Crippen LogP contribution >= 0.6 is 11.6 Å². The van der Waals surface area contributed by atoms with Gasteiger partial charge < -0.3 is 4.57 Å². The molecule has 4 nitrogen and oxygen atoms in total. The Morgan fingerprint density at radius 2 is 2.58 bits per heavy atom. The quantitative estimate of drug-likeness (QED) is 0.720. The molecular weight excluding hydrogens is 178 g/mol. The fourth-order valence-corrected chi connectivity index (χ4v) is 0.913. The maximum Gasteiger partial charge on any atom is 0.241 e. The number of anilines is 1. The summed E-state index contributed by atoms with van der Waals surface area (Å²) in [7, 11) is 0. The van der Waals surface area contributed by atoms with E-state index < -0.39 is 0 Å². The molecule has 0 fully saturated rings. The summed E-state index contributed by atoms with van der Waals surface area (Å²) in [6, 6.07) is 0. The van der Waals surface area contributed by atoms with Crippen molar-refractivity contribution in [3.8, 4) is 0 Å². The first-order valence-corrected chi connectivity index (χ1v) is 4.18. The highest BCUT2D eigenvalue weighted by Crippen LogP contribution is 2.03. The lowest BCUT2D eigenvalue weighted by atomic mass is 10.6. The van der Waals surface area contributed by atoms with Crippen LogP contribution in [0.15, 0.2) is 12.4 Å². The standard InChI is InChI=1S/C7H10ClN3O/c1-2-11-4-3-9-7(11)10-6(12)5-8/h3-4H,2,5H2,1H3,(H,9,10,12). The van der Waals surface area contributed by atoms with E-state index in [1.165, 1.54) is 0 Å². The normalized spacial score (nSPS) is 9.83. The van der Waals surface area contributed by atoms with Gasteiger partial charge in [0.1, 0.15) is 5.88 Å². The van der Waals surface area contributed by atoms with Gasteiger partial charge in [0.15, 0.2) is 0 Å². The molecule has 0 aliphatic carbocycles. The highest BCUT2D eigenvalue weighted by atomic mass is 35.5. The molecule has 0 bridgehead atoms. The number of rotatable bonds is 3. The molecule has 1 amide bonds. The molecule has 0 aliphatic heterocycles. The van der Waals surface area contributed by atoms with Crippen LogP contribution in [0.2, 0.25) is 0 Å². The van der Waals surface area contributed by atoms with Crippen molar-refractivity contribution in [3.63, 3.8) is 0 Å². The molecule has 0 saturated carbocycles. The molecular formula is C7H10ClN3O. The van der Waals surface area contributed by atoms with E-state index in [1.54, 1.807) is 12.4 Å². The number of halogens is 1. The summed E-state index contributed by atoms with van der Waals surface area (Å²) in [4.78, 5) is 14.8. The Bertz CT molecular complexity index is 271. The number of aromatic nitrogens is 2. The van der Waals surface area contributed by atoms with Crippen molar-refractivity contribution >= 4 is 23.5 Å². The summed E-state index contributed by atoms with van der Waals surface area (Å²) in [5.74, 6) is 0.261. The molecule has 1 aromatic heterocycles. The van der Waals surface area contributed by atoms with Crippen LogP contribution in [-0.4, -0.2) is 21.3 Å². The van der Waals surface area contributed by atoms with E-state index in [2.05, 4.69) is 10.3 Å². The van der Waals surface area contributed by atoms with E-state index in [0.717, 1.165) is 6.54 Å². The summed E-state index contributed by atoms with van der Waals surface area (Å²) in [6.45, 7) is 2.75. The lowest BCUT2D eigenvalue weighted by Gasteiger charge is -2.03. The lowest BCUT2D eigenvalue weighted by Crippen LogP contribution is -2.16. The van der Waals surface area contributed by atoms with Gasteiger partial charge in [-0.25, -0.2) is 4.98 Å². The Balaban J connectivity index is 2.68. The Morgan fingerprint density at radius 1 is 1.83 bits per heavy atom. The summed E-state index contributed by atoms with van der Waals surface area (Å²) < 4.78 is 1.82. The first-order chi connectivity index (χ1) is 5.77. The van der Waals surface area contributed by atoms with Gasteiger partial charge >= 0.3 is 0 Å². The molecule has 66 valence electrons. The highest BCUT2D eigenvalue weighted by Gasteiger charge is 2.04. The SMILES string of the molecule is CCn1ccnc1NC(=O)CCl. The average Bonchev–Trinajstić information content (AvgIpc) is 2.51. The number of carbonyl (C=O) groups excluding carboxylic acids is 1. The third-order valence-corrected chi connectivity index (χ3v) is 1.67. The van der Waals surface area contributed by atoms with Crippen LogP contribution in [0.5, 0.6) is 0 Å². The predicted octanol–water partition coefficient (Wildman–Crippen LogP) is 1.08. The zero-order valence-electron chi connectivity index (χ0n) is 6.75. The molecule has 1 heterocycles. The van der Waals surface area contributed by atoms with Crippen molar-refractivity contribution in [2.75, 3.05) is 11.2 Å². The molecule has 5 heteroatoms. The van der Waals surface area contributed by atoms with Crippen LogP contribution in [0.1, 0.15) is 6.92 Å². The van der Waals surface area contributed by atoms with Crippen molar-refractivity contribution in [2.24, 2.45) is 0 Å². The summed E-state index contributed by atoms with van der Waals surface area (Å²) >= 11 is 5.32. The van der Waals surface area contributed by atoms with Gasteiger partial charge in [-0.15, -0.1) is 11.6 Å². The fourth-order valence-electron chi connectivity index (χ4n) is 0.847. The first-order valence-electron chi connectivity index (χ1n) is 3.65. The molecule has 0 spiro atoms. The average molecular weight is 188 g/mol. The van der Waals surface area contributed by atoms with Gasteiger partial charge in [0, 0.05) is 18.9 Å². The van der Waals surface area contributed by atoms with Crippen LogP contribution in [-0.2, 0) is 11.3 Å². The summed E-state index contributed by atoms with van der Waals surface area (Å²) in [5.41, 5.74) is 0. The molecule has 0 unspecified atom stereocenters. The number of carbonyl (C=O) groups is 1. The number of nitrogens with zero attached hydrogens (tertiary/aromatic N) is 2. The number of imidazole rings is 1. The van der Waals surface area contributed by atoms with Gasteiger partial charge in [-0.1, -0.05) is 0 Å². The van der Waals surface area contributed by atoms with Crippen molar-refractivity contribution < 1.29 is 4.79 Å². The van der Waals surface area contributed by atoms with Crippen LogP contribution in [0, 0.1) is 0 Å². The van der Waals surface area contributed by atoms with Crippen LogP contribution < -0.4 is 5.32 Å². The molecule has 0 saturated heterocycles. The Kier molecular flexibility index (Phi) is 3.10. The van der Waals surface area contributed by atoms with E-state index in [0.29, 0.717) is 5.95 Å². The number of hydrogen-bond donors (Lipinski definition) is 1. The Hall–Kier alpha value is -1.03. The van der Waals surface area contributed by atoms with Gasteiger partial charge in [0.2, 0.25) is 11.9 Å². The molecule has 0 atom stereocenters. The predicted molar refractivity (Wildman–Crippen MR) is 47.3 cm³/mol. The number of alkyl halides is 1. The van der Waals surface area contributed by atoms with E-state index in [1.807, 2.05) is 11.5 Å². The van der Waals surface area contributed by atoms with E-state index in [9.17, 15) is 4.79 Å². The smallest absolute Gasteiger partial charge is 0.241 e. The maximum atomic E-state index is 10.9. The first kappa shape index (κ1) is 9.06. The van der Waals surface area contributed by atoms with Gasteiger partial charge in [0.25, 0.3) is 0 Å². The molecule has 0 radical (unpaired) electrons. The lowest BCUT2D eigenvalue weighted by molar-refractivity contribution is -0.114. The molecule has 1 rings (SSSR count). The third-order valence-electron chi connectivity index (χ3n) is 1.43. The van der Waals surface area contributed by atoms with Crippen molar-refractivity contribution in [2.45, 2.75) is 13.5 Å². The Labute approximate surface area is 75.5 Å². The number of aryl methyl sites for hydroxylation is 1. The highest BCUT2D eigenvalue weighted by molar-refractivity contribution is 6.28. The monoisotopic (exact) mass is 187 g/mol. The summed E-state index contributed by atoms with van der Waals surface area (Å²) in [6.07, 6.45) is 3.43. The minimum Gasteiger partial charge on any atom is -0.317 e.